The first-order valence-electron chi connectivity index (χ1n) is 17.9. The number of hydrogen-bond donors (Lipinski definition) is 0. The Labute approximate surface area is 288 Å². The summed E-state index contributed by atoms with van der Waals surface area (Å²) in [6.07, 6.45) is 40.1. The largest absolute Gasteiger partial charge is 0.393 e. The van der Waals surface area contributed by atoms with Gasteiger partial charge in [0.2, 0.25) is 0 Å². The van der Waals surface area contributed by atoms with Crippen LogP contribution in [0.4, 0.5) is 0 Å². The summed E-state index contributed by atoms with van der Waals surface area (Å²) in [5, 5.41) is 0. The molecule has 0 aliphatic carbocycles. The van der Waals surface area contributed by atoms with Crippen LogP contribution in [0.2, 0.25) is 0 Å². The van der Waals surface area contributed by atoms with Crippen LogP contribution in [0.1, 0.15) is 219 Å². The third kappa shape index (κ3) is 40.6. The number of esters is 2. The topological polar surface area (TPSA) is 43.4 Å². The summed E-state index contributed by atoms with van der Waals surface area (Å²) in [5.74, 6) is -0.647. The summed E-state index contributed by atoms with van der Waals surface area (Å²) in [4.78, 5) is 23.8. The first-order valence-corrected chi connectivity index (χ1v) is 17.9. The third-order valence-corrected chi connectivity index (χ3v) is 8.20. The molecule has 0 rings (SSSR count). The van der Waals surface area contributed by atoms with E-state index in [9.17, 15) is 9.59 Å². The van der Waals surface area contributed by atoms with Crippen molar-refractivity contribution in [1.82, 2.24) is 0 Å². The van der Waals surface area contributed by atoms with Crippen molar-refractivity contribution in [2.24, 2.45) is 0 Å². The molecule has 0 radical (unpaired) electrons. The molecule has 3 nitrogen and oxygen atoms in total. The van der Waals surface area contributed by atoms with Gasteiger partial charge in [-0.05, 0) is 12.8 Å². The van der Waals surface area contributed by atoms with Crippen LogP contribution in [0.5, 0.6) is 0 Å². The molecule has 0 aromatic rings. The third-order valence-electron chi connectivity index (χ3n) is 8.20. The van der Waals surface area contributed by atoms with Crippen molar-refractivity contribution in [2.75, 3.05) is 0 Å². The van der Waals surface area contributed by atoms with Gasteiger partial charge in [-0.15, -0.1) is 0 Å². The van der Waals surface area contributed by atoms with Crippen molar-refractivity contribution in [1.29, 1.82) is 0 Å². The number of rotatable bonds is 32. The van der Waals surface area contributed by atoms with Crippen LogP contribution in [0.25, 0.3) is 0 Å². The summed E-state index contributed by atoms with van der Waals surface area (Å²) in [7, 11) is 0. The van der Waals surface area contributed by atoms with E-state index in [1.165, 1.54) is 167 Å². The van der Waals surface area contributed by atoms with Gasteiger partial charge in [0.05, 0.1) is 0 Å². The molecule has 0 heterocycles. The number of carbonyl (C=O) groups is 2. The van der Waals surface area contributed by atoms with Gasteiger partial charge in [0.1, 0.15) is 0 Å². The Bertz CT molecular complexity index is 471. The molecule has 0 aromatic carbocycles. The van der Waals surface area contributed by atoms with Crippen LogP contribution in [0.15, 0.2) is 0 Å². The van der Waals surface area contributed by atoms with Gasteiger partial charge < -0.3 is 4.74 Å². The van der Waals surface area contributed by atoms with E-state index in [2.05, 4.69) is 13.8 Å². The molecule has 0 aliphatic heterocycles. The van der Waals surface area contributed by atoms with Gasteiger partial charge in [-0.25, -0.2) is 0 Å². The molecule has 0 spiro atoms. The van der Waals surface area contributed by atoms with E-state index in [0.717, 1.165) is 25.7 Å². The first-order chi connectivity index (χ1) is 19.2. The molecule has 0 aromatic heterocycles. The van der Waals surface area contributed by atoms with E-state index in [1.807, 2.05) is 0 Å². The molecule has 0 atom stereocenters. The first kappa shape index (κ1) is 46.0. The molecular formula is C36H73AlCdO3. The van der Waals surface area contributed by atoms with Gasteiger partial charge in [-0.3, -0.25) is 9.59 Å². The Kier molecular flexibility index (Phi) is 45.6. The zero-order chi connectivity index (χ0) is 28.5. The van der Waals surface area contributed by atoms with Crippen molar-refractivity contribution < 1.29 is 41.6 Å². The maximum atomic E-state index is 11.9. The van der Waals surface area contributed by atoms with Crippen LogP contribution < -0.4 is 0 Å². The van der Waals surface area contributed by atoms with Crippen LogP contribution in [-0.4, -0.2) is 29.3 Å². The minimum Gasteiger partial charge on any atom is -0.393 e. The maximum Gasteiger partial charge on any atom is 0.313 e. The Morgan fingerprint density at radius 3 is 0.707 bits per heavy atom. The van der Waals surface area contributed by atoms with Crippen molar-refractivity contribution in [3.05, 3.63) is 0 Å². The minimum atomic E-state index is -0.323. The molecule has 0 aliphatic rings. The molecule has 0 unspecified atom stereocenters. The molecule has 41 heavy (non-hydrogen) atoms. The molecule has 5 heteroatoms. The fraction of sp³-hybridized carbons (Fsp3) is 0.944. The fourth-order valence-electron chi connectivity index (χ4n) is 5.51. The van der Waals surface area contributed by atoms with Crippen LogP contribution in [0.3, 0.4) is 0 Å². The molecule has 0 bridgehead atoms. The van der Waals surface area contributed by atoms with Crippen molar-refractivity contribution in [3.63, 3.8) is 0 Å². The Morgan fingerprint density at radius 1 is 0.341 bits per heavy atom. The van der Waals surface area contributed by atoms with Gasteiger partial charge in [0.15, 0.2) is 17.4 Å². The summed E-state index contributed by atoms with van der Waals surface area (Å²) >= 11 is 0. The van der Waals surface area contributed by atoms with Crippen molar-refractivity contribution in [3.8, 4) is 0 Å². The van der Waals surface area contributed by atoms with Crippen LogP contribution in [0, 0.1) is 0 Å². The van der Waals surface area contributed by atoms with E-state index in [0.29, 0.717) is 12.8 Å². The van der Waals surface area contributed by atoms with Gasteiger partial charge in [0, 0.05) is 40.1 Å². The average Bonchev–Trinajstić information content (AvgIpc) is 2.93. The predicted molar refractivity (Wildman–Crippen MR) is 180 cm³/mol. The average molecular weight is 693 g/mol. The zero-order valence-corrected chi connectivity index (χ0v) is 31.6. The number of unbranched alkanes of at least 4 members (excludes halogenated alkanes) is 28. The van der Waals surface area contributed by atoms with E-state index in [4.69, 9.17) is 4.74 Å². The van der Waals surface area contributed by atoms with Gasteiger partial charge in [-0.2, -0.15) is 0 Å². The molecule has 0 N–H and O–H groups in total. The van der Waals surface area contributed by atoms with Gasteiger partial charge >= 0.3 is 11.9 Å². The smallest absolute Gasteiger partial charge is 0.313 e. The van der Waals surface area contributed by atoms with Crippen molar-refractivity contribution >= 4 is 29.3 Å². The number of carbonyl (C=O) groups excluding carboxylic acids is 2. The summed E-state index contributed by atoms with van der Waals surface area (Å²) in [5.41, 5.74) is 0. The summed E-state index contributed by atoms with van der Waals surface area (Å²) in [6.45, 7) is 4.55. The van der Waals surface area contributed by atoms with Gasteiger partial charge in [-0.1, -0.05) is 194 Å². The molecule has 0 saturated carbocycles. The minimum absolute atomic E-state index is 0. The second kappa shape index (κ2) is 40.6. The normalized spacial score (nSPS) is 10.7. The van der Waals surface area contributed by atoms with Gasteiger partial charge in [0.25, 0.3) is 0 Å². The quantitative estimate of drug-likeness (QED) is 0.0305. The van der Waals surface area contributed by atoms with E-state index in [-0.39, 0.29) is 56.6 Å². The van der Waals surface area contributed by atoms with E-state index in [1.54, 1.807) is 0 Å². The second-order valence-electron chi connectivity index (χ2n) is 12.2. The molecule has 0 saturated heterocycles. The molecule has 0 amide bonds. The Balaban J connectivity index is -0.00000722. The summed E-state index contributed by atoms with van der Waals surface area (Å²) in [6, 6.07) is 0. The van der Waals surface area contributed by atoms with Crippen LogP contribution in [-0.2, 0) is 41.6 Å². The zero-order valence-electron chi connectivity index (χ0n) is 27.6. The second-order valence-corrected chi connectivity index (χ2v) is 12.2. The van der Waals surface area contributed by atoms with Crippen LogP contribution >= 0.6 is 0 Å². The fourth-order valence-corrected chi connectivity index (χ4v) is 5.51. The Morgan fingerprint density at radius 2 is 0.512 bits per heavy atom. The van der Waals surface area contributed by atoms with E-state index >= 15 is 0 Å². The maximum absolute atomic E-state index is 11.9. The van der Waals surface area contributed by atoms with E-state index < -0.39 is 0 Å². The SMILES string of the molecule is CCCCCCCCCCCCCCCCCC(=O)OC(=O)CCCCCCCCCCCCCCCCC.[AlH3].[Cd]. The number of ether oxygens (including phenoxy) is 1. The standard InChI is InChI=1S/C36H70O3.Al.Cd.3H/c1-3-5-7-9-11-13-15-17-19-21-23-25-27-29-31-33-35(37)39-36(38)34-32-30-28-26-24-22-20-18-16-14-12-10-8-6-4-2;;;;;/h3-34H2,1-2H3;;;;;. The molecule has 0 fully saturated rings. The monoisotopic (exact) mass is 694 g/mol. The Hall–Kier alpha value is 0.595. The summed E-state index contributed by atoms with van der Waals surface area (Å²) < 4.78 is 5.01. The molecular weight excluding hydrogens is 620 g/mol. The molecule has 240 valence electrons. The number of hydrogen-bond acceptors (Lipinski definition) is 3. The predicted octanol–water partition coefficient (Wildman–Crippen LogP) is 11.4. The van der Waals surface area contributed by atoms with Crippen molar-refractivity contribution in [2.45, 2.75) is 219 Å².